The first kappa shape index (κ1) is 14.9. The minimum atomic E-state index is 0.181. The van der Waals surface area contributed by atoms with E-state index in [0.717, 1.165) is 24.4 Å². The highest BCUT2D eigenvalue weighted by atomic mass is 16.5. The van der Waals surface area contributed by atoms with E-state index in [9.17, 15) is 4.79 Å². The lowest BCUT2D eigenvalue weighted by Gasteiger charge is -2.21. The van der Waals surface area contributed by atoms with Crippen molar-refractivity contribution in [2.75, 3.05) is 39.8 Å². The van der Waals surface area contributed by atoms with E-state index in [-0.39, 0.29) is 5.91 Å². The van der Waals surface area contributed by atoms with Crippen LogP contribution in [0.4, 0.5) is 0 Å². The van der Waals surface area contributed by atoms with E-state index in [1.165, 1.54) is 12.8 Å². The largest absolute Gasteiger partial charge is 0.491 e. The summed E-state index contributed by atoms with van der Waals surface area (Å²) in [7, 11) is 1.85. The third-order valence-electron chi connectivity index (χ3n) is 3.76. The van der Waals surface area contributed by atoms with Crippen LogP contribution in [-0.2, 0) is 4.79 Å². The number of carbonyl (C=O) groups excluding carboxylic acids is 1. The third kappa shape index (κ3) is 4.23. The second-order valence-corrected chi connectivity index (χ2v) is 5.41. The van der Waals surface area contributed by atoms with Crippen molar-refractivity contribution in [2.45, 2.75) is 19.8 Å². The number of amides is 1. The van der Waals surface area contributed by atoms with Gasteiger partial charge < -0.3 is 9.64 Å². The maximum absolute atomic E-state index is 12.0. The van der Waals surface area contributed by atoms with E-state index in [1.54, 1.807) is 4.90 Å². The van der Waals surface area contributed by atoms with E-state index >= 15 is 0 Å². The minimum Gasteiger partial charge on any atom is -0.491 e. The maximum atomic E-state index is 12.0. The first-order valence-electron chi connectivity index (χ1n) is 7.31. The van der Waals surface area contributed by atoms with Crippen molar-refractivity contribution in [2.24, 2.45) is 0 Å². The molecule has 0 radical (unpaired) electrons. The van der Waals surface area contributed by atoms with Crippen molar-refractivity contribution in [1.82, 2.24) is 9.80 Å². The molecule has 20 heavy (non-hydrogen) atoms. The van der Waals surface area contributed by atoms with Gasteiger partial charge in [0.1, 0.15) is 12.4 Å². The molecule has 1 saturated heterocycles. The Bertz CT molecular complexity index is 442. The number of aryl methyl sites for hydroxylation is 1. The molecule has 0 unspecified atom stereocenters. The van der Waals surface area contributed by atoms with Gasteiger partial charge in [0.15, 0.2) is 0 Å². The number of hydrogen-bond acceptors (Lipinski definition) is 3. The van der Waals surface area contributed by atoms with Gasteiger partial charge in [0, 0.05) is 7.05 Å². The van der Waals surface area contributed by atoms with Crippen LogP contribution in [0.25, 0.3) is 0 Å². The van der Waals surface area contributed by atoms with Gasteiger partial charge in [0.2, 0.25) is 5.91 Å². The second kappa shape index (κ2) is 7.29. The first-order chi connectivity index (χ1) is 9.66. The van der Waals surface area contributed by atoms with Gasteiger partial charge in [-0.3, -0.25) is 9.69 Å². The van der Waals surface area contributed by atoms with Crippen LogP contribution in [0.1, 0.15) is 18.4 Å². The summed E-state index contributed by atoms with van der Waals surface area (Å²) in [5.41, 5.74) is 1.12. The summed E-state index contributed by atoms with van der Waals surface area (Å²) >= 11 is 0. The molecule has 0 atom stereocenters. The van der Waals surface area contributed by atoms with Gasteiger partial charge >= 0.3 is 0 Å². The lowest BCUT2D eigenvalue weighted by atomic mass is 10.2. The molecular weight excluding hydrogens is 252 g/mol. The highest BCUT2D eigenvalue weighted by Crippen LogP contribution is 2.15. The molecule has 0 spiro atoms. The maximum Gasteiger partial charge on any atom is 0.236 e. The summed E-state index contributed by atoms with van der Waals surface area (Å²) in [6.45, 7) is 5.84. The topological polar surface area (TPSA) is 32.8 Å². The number of rotatable bonds is 6. The van der Waals surface area contributed by atoms with E-state index in [0.29, 0.717) is 19.7 Å². The van der Waals surface area contributed by atoms with E-state index in [4.69, 9.17) is 4.74 Å². The van der Waals surface area contributed by atoms with Crippen LogP contribution in [0.5, 0.6) is 5.75 Å². The predicted molar refractivity (Wildman–Crippen MR) is 80.0 cm³/mol. The third-order valence-corrected chi connectivity index (χ3v) is 3.76. The summed E-state index contributed by atoms with van der Waals surface area (Å²) in [5, 5.41) is 0. The van der Waals surface area contributed by atoms with Crippen molar-refractivity contribution < 1.29 is 9.53 Å². The van der Waals surface area contributed by atoms with Crippen LogP contribution in [0, 0.1) is 6.92 Å². The van der Waals surface area contributed by atoms with Gasteiger partial charge in [0.25, 0.3) is 0 Å². The molecule has 110 valence electrons. The molecule has 1 aliphatic heterocycles. The van der Waals surface area contributed by atoms with Crippen LogP contribution in [0.15, 0.2) is 24.3 Å². The van der Waals surface area contributed by atoms with Crippen molar-refractivity contribution in [3.63, 3.8) is 0 Å². The minimum absolute atomic E-state index is 0.181. The van der Waals surface area contributed by atoms with Gasteiger partial charge in [-0.25, -0.2) is 0 Å². The molecule has 1 aromatic carbocycles. The SMILES string of the molecule is Cc1ccccc1OCCN(C)C(=O)CN1CCCC1. The Hall–Kier alpha value is -1.55. The molecule has 0 N–H and O–H groups in total. The number of benzene rings is 1. The molecule has 2 rings (SSSR count). The monoisotopic (exact) mass is 276 g/mol. The van der Waals surface area contributed by atoms with Crippen LogP contribution >= 0.6 is 0 Å². The highest BCUT2D eigenvalue weighted by Gasteiger charge is 2.17. The summed E-state index contributed by atoms with van der Waals surface area (Å²) in [6.07, 6.45) is 2.43. The van der Waals surface area contributed by atoms with Gasteiger partial charge in [0.05, 0.1) is 13.1 Å². The first-order valence-corrected chi connectivity index (χ1v) is 7.31. The van der Waals surface area contributed by atoms with Crippen LogP contribution in [-0.4, -0.2) is 55.5 Å². The molecule has 0 bridgehead atoms. The zero-order valence-electron chi connectivity index (χ0n) is 12.5. The Morgan fingerprint density at radius 2 is 2.00 bits per heavy atom. The Kier molecular flexibility index (Phi) is 5.41. The average Bonchev–Trinajstić information content (AvgIpc) is 2.93. The standard InChI is InChI=1S/C16H24N2O2/c1-14-7-3-4-8-15(14)20-12-11-17(2)16(19)13-18-9-5-6-10-18/h3-4,7-8H,5-6,9-13H2,1-2H3. The molecule has 4 nitrogen and oxygen atoms in total. The Morgan fingerprint density at radius 1 is 1.30 bits per heavy atom. The molecular formula is C16H24N2O2. The van der Waals surface area contributed by atoms with E-state index in [2.05, 4.69) is 4.90 Å². The van der Waals surface area contributed by atoms with Gasteiger partial charge in [-0.2, -0.15) is 0 Å². The molecule has 1 amide bonds. The van der Waals surface area contributed by atoms with Crippen LogP contribution in [0.3, 0.4) is 0 Å². The van der Waals surface area contributed by atoms with E-state index < -0.39 is 0 Å². The lowest BCUT2D eigenvalue weighted by Crippen LogP contribution is -2.38. The summed E-state index contributed by atoms with van der Waals surface area (Å²) in [5.74, 6) is 1.08. The van der Waals surface area contributed by atoms with Gasteiger partial charge in [-0.15, -0.1) is 0 Å². The highest BCUT2D eigenvalue weighted by molar-refractivity contribution is 5.78. The second-order valence-electron chi connectivity index (χ2n) is 5.41. The van der Waals surface area contributed by atoms with Crippen molar-refractivity contribution in [1.29, 1.82) is 0 Å². The van der Waals surface area contributed by atoms with Gasteiger partial charge in [-0.05, 0) is 44.5 Å². The molecule has 1 heterocycles. The fourth-order valence-electron chi connectivity index (χ4n) is 2.39. The van der Waals surface area contributed by atoms with Crippen LogP contribution in [0.2, 0.25) is 0 Å². The van der Waals surface area contributed by atoms with Crippen LogP contribution < -0.4 is 4.74 Å². The molecule has 1 aromatic rings. The Morgan fingerprint density at radius 3 is 2.70 bits per heavy atom. The number of hydrogen-bond donors (Lipinski definition) is 0. The normalized spacial score (nSPS) is 15.3. The zero-order chi connectivity index (χ0) is 14.4. The zero-order valence-corrected chi connectivity index (χ0v) is 12.5. The molecule has 4 heteroatoms. The Balaban J connectivity index is 1.70. The smallest absolute Gasteiger partial charge is 0.236 e. The number of ether oxygens (including phenoxy) is 1. The quantitative estimate of drug-likeness (QED) is 0.796. The van der Waals surface area contributed by atoms with Crippen molar-refractivity contribution in [3.8, 4) is 5.75 Å². The van der Waals surface area contributed by atoms with Gasteiger partial charge in [-0.1, -0.05) is 18.2 Å². The molecule has 1 aliphatic rings. The predicted octanol–water partition coefficient (Wildman–Crippen LogP) is 1.93. The lowest BCUT2D eigenvalue weighted by molar-refractivity contribution is -0.131. The fourth-order valence-corrected chi connectivity index (χ4v) is 2.39. The number of likely N-dealkylation sites (N-methyl/N-ethyl adjacent to an activating group) is 1. The van der Waals surface area contributed by atoms with E-state index in [1.807, 2.05) is 38.2 Å². The molecule has 0 aliphatic carbocycles. The summed E-state index contributed by atoms with van der Waals surface area (Å²) in [4.78, 5) is 16.0. The molecule has 0 saturated carbocycles. The number of nitrogens with zero attached hydrogens (tertiary/aromatic N) is 2. The average molecular weight is 276 g/mol. The molecule has 1 fully saturated rings. The number of para-hydroxylation sites is 1. The number of carbonyl (C=O) groups is 1. The Labute approximate surface area is 121 Å². The van der Waals surface area contributed by atoms with Crippen molar-refractivity contribution >= 4 is 5.91 Å². The molecule has 0 aromatic heterocycles. The summed E-state index contributed by atoms with van der Waals surface area (Å²) < 4.78 is 5.72. The van der Waals surface area contributed by atoms with Crippen molar-refractivity contribution in [3.05, 3.63) is 29.8 Å². The fraction of sp³-hybridized carbons (Fsp3) is 0.562. The number of likely N-dealkylation sites (tertiary alicyclic amines) is 1. The summed E-state index contributed by atoms with van der Waals surface area (Å²) in [6, 6.07) is 7.94.